The van der Waals surface area contributed by atoms with Crippen molar-refractivity contribution >= 4 is 5.91 Å². The van der Waals surface area contributed by atoms with Crippen molar-refractivity contribution < 1.29 is 9.18 Å². The fraction of sp³-hybridized carbons (Fsp3) is 0.562. The number of hydrogen-bond donors (Lipinski definition) is 2. The number of piperidine rings is 1. The van der Waals surface area contributed by atoms with Crippen LogP contribution in [-0.4, -0.2) is 24.5 Å². The summed E-state index contributed by atoms with van der Waals surface area (Å²) in [5, 5.41) is 6.58. The molecule has 1 aliphatic heterocycles. The maximum absolute atomic E-state index is 13.0. The summed E-state index contributed by atoms with van der Waals surface area (Å²) >= 11 is 0. The summed E-state index contributed by atoms with van der Waals surface area (Å²) in [7, 11) is 0. The van der Waals surface area contributed by atoms with Gasteiger partial charge in [-0.05, 0) is 56.8 Å². The van der Waals surface area contributed by atoms with Gasteiger partial charge in [-0.2, -0.15) is 0 Å². The van der Waals surface area contributed by atoms with Crippen LogP contribution in [0.4, 0.5) is 4.39 Å². The van der Waals surface area contributed by atoms with E-state index in [1.54, 1.807) is 12.1 Å². The zero-order chi connectivity index (χ0) is 14.2. The molecule has 2 N–H and O–H groups in total. The van der Waals surface area contributed by atoms with Gasteiger partial charge < -0.3 is 10.6 Å². The highest BCUT2D eigenvalue weighted by Crippen LogP contribution is 2.48. The van der Waals surface area contributed by atoms with Crippen molar-refractivity contribution in [2.75, 3.05) is 6.54 Å². The molecule has 4 heteroatoms. The average molecular weight is 276 g/mol. The van der Waals surface area contributed by atoms with Crippen LogP contribution in [0.5, 0.6) is 0 Å². The van der Waals surface area contributed by atoms with Crippen LogP contribution < -0.4 is 10.6 Å². The van der Waals surface area contributed by atoms with E-state index in [9.17, 15) is 9.18 Å². The minimum atomic E-state index is -0.412. The van der Waals surface area contributed by atoms with Gasteiger partial charge in [-0.15, -0.1) is 0 Å². The van der Waals surface area contributed by atoms with Crippen LogP contribution in [-0.2, 0) is 10.2 Å². The monoisotopic (exact) mass is 276 g/mol. The third kappa shape index (κ3) is 2.44. The molecule has 0 spiro atoms. The zero-order valence-corrected chi connectivity index (χ0v) is 11.8. The Labute approximate surface area is 118 Å². The molecule has 0 bridgehead atoms. The first-order valence-electron chi connectivity index (χ1n) is 7.42. The fourth-order valence-electron chi connectivity index (χ4n) is 3.09. The number of amides is 1. The molecular formula is C16H21FN2O. The molecule has 0 radical (unpaired) electrons. The number of nitrogens with one attached hydrogen (secondary N) is 2. The molecule has 2 unspecified atom stereocenters. The van der Waals surface area contributed by atoms with Crippen molar-refractivity contribution in [3.05, 3.63) is 35.6 Å². The van der Waals surface area contributed by atoms with Gasteiger partial charge in [-0.25, -0.2) is 4.39 Å². The van der Waals surface area contributed by atoms with E-state index < -0.39 is 5.41 Å². The molecule has 108 valence electrons. The van der Waals surface area contributed by atoms with Gasteiger partial charge in [0, 0.05) is 12.1 Å². The summed E-state index contributed by atoms with van der Waals surface area (Å²) < 4.78 is 13.0. The second kappa shape index (κ2) is 5.17. The molecule has 1 aliphatic carbocycles. The number of rotatable bonds is 3. The Morgan fingerprint density at radius 1 is 1.35 bits per heavy atom. The Morgan fingerprint density at radius 3 is 2.65 bits per heavy atom. The molecule has 1 aromatic carbocycles. The quantitative estimate of drug-likeness (QED) is 0.888. The summed E-state index contributed by atoms with van der Waals surface area (Å²) in [4.78, 5) is 12.6. The van der Waals surface area contributed by atoms with E-state index in [2.05, 4.69) is 17.6 Å². The molecule has 20 heavy (non-hydrogen) atoms. The summed E-state index contributed by atoms with van der Waals surface area (Å²) in [6, 6.07) is 6.88. The van der Waals surface area contributed by atoms with E-state index in [-0.39, 0.29) is 17.8 Å². The summed E-state index contributed by atoms with van der Waals surface area (Å²) in [6.45, 7) is 3.14. The van der Waals surface area contributed by atoms with Crippen molar-refractivity contribution in [1.82, 2.24) is 10.6 Å². The Kier molecular flexibility index (Phi) is 3.50. The molecule has 1 saturated heterocycles. The van der Waals surface area contributed by atoms with Crippen LogP contribution in [0.3, 0.4) is 0 Å². The maximum atomic E-state index is 13.0. The van der Waals surface area contributed by atoms with Crippen LogP contribution in [0.15, 0.2) is 24.3 Å². The van der Waals surface area contributed by atoms with Crippen LogP contribution in [0.1, 0.15) is 38.2 Å². The molecule has 1 aromatic rings. The smallest absolute Gasteiger partial charge is 0.230 e. The summed E-state index contributed by atoms with van der Waals surface area (Å²) in [5.74, 6) is -0.153. The lowest BCUT2D eigenvalue weighted by molar-refractivity contribution is -0.124. The lowest BCUT2D eigenvalue weighted by atomic mass is 9.93. The van der Waals surface area contributed by atoms with Gasteiger partial charge in [0.05, 0.1) is 5.41 Å². The molecule has 2 atom stereocenters. The van der Waals surface area contributed by atoms with Crippen molar-refractivity contribution in [2.45, 2.75) is 50.1 Å². The molecule has 1 amide bonds. The molecule has 0 aromatic heterocycles. The van der Waals surface area contributed by atoms with E-state index in [0.717, 1.165) is 37.8 Å². The second-order valence-electron chi connectivity index (χ2n) is 6.05. The van der Waals surface area contributed by atoms with Gasteiger partial charge in [0.15, 0.2) is 0 Å². The largest absolute Gasteiger partial charge is 0.351 e. The zero-order valence-electron chi connectivity index (χ0n) is 11.8. The van der Waals surface area contributed by atoms with Crippen LogP contribution >= 0.6 is 0 Å². The molecule has 2 aliphatic rings. The van der Waals surface area contributed by atoms with Crippen LogP contribution in [0, 0.1) is 5.82 Å². The highest BCUT2D eigenvalue weighted by molar-refractivity contribution is 5.91. The van der Waals surface area contributed by atoms with Crippen molar-refractivity contribution in [1.29, 1.82) is 0 Å². The summed E-state index contributed by atoms with van der Waals surface area (Å²) in [5.41, 5.74) is 0.526. The highest BCUT2D eigenvalue weighted by atomic mass is 19.1. The first kappa shape index (κ1) is 13.6. The van der Waals surface area contributed by atoms with Gasteiger partial charge in [-0.3, -0.25) is 4.79 Å². The first-order valence-corrected chi connectivity index (χ1v) is 7.42. The summed E-state index contributed by atoms with van der Waals surface area (Å²) in [6.07, 6.45) is 3.84. The van der Waals surface area contributed by atoms with Crippen molar-refractivity contribution in [3.63, 3.8) is 0 Å². The lowest BCUT2D eigenvalue weighted by Crippen LogP contribution is -2.53. The first-order chi connectivity index (χ1) is 9.62. The van der Waals surface area contributed by atoms with Crippen molar-refractivity contribution in [3.8, 4) is 0 Å². The lowest BCUT2D eigenvalue weighted by Gasteiger charge is -2.32. The van der Waals surface area contributed by atoms with E-state index >= 15 is 0 Å². The number of carbonyl (C=O) groups excluding carboxylic acids is 1. The topological polar surface area (TPSA) is 41.1 Å². The maximum Gasteiger partial charge on any atom is 0.230 e. The van der Waals surface area contributed by atoms with Crippen LogP contribution in [0.25, 0.3) is 0 Å². The number of halogens is 1. The molecule has 3 rings (SSSR count). The van der Waals surface area contributed by atoms with E-state index in [0.29, 0.717) is 6.04 Å². The standard InChI is InChI=1S/C16H21FN2O/c1-11-14(3-2-10-18-11)19-15(20)16(8-9-16)12-4-6-13(17)7-5-12/h4-7,11,14,18H,2-3,8-10H2,1H3,(H,19,20). The highest BCUT2D eigenvalue weighted by Gasteiger charge is 2.51. The predicted molar refractivity (Wildman–Crippen MR) is 75.9 cm³/mol. The van der Waals surface area contributed by atoms with Gasteiger partial charge in [-0.1, -0.05) is 12.1 Å². The van der Waals surface area contributed by atoms with Gasteiger partial charge in [0.2, 0.25) is 5.91 Å². The van der Waals surface area contributed by atoms with Gasteiger partial charge in [0.25, 0.3) is 0 Å². The molecule has 1 saturated carbocycles. The number of carbonyl (C=O) groups is 1. The molecule has 3 nitrogen and oxygen atoms in total. The Balaban J connectivity index is 1.71. The van der Waals surface area contributed by atoms with E-state index in [4.69, 9.17) is 0 Å². The average Bonchev–Trinajstić information content (AvgIpc) is 3.24. The third-order valence-corrected chi connectivity index (χ3v) is 4.66. The normalized spacial score (nSPS) is 27.9. The third-order valence-electron chi connectivity index (χ3n) is 4.66. The number of hydrogen-bond acceptors (Lipinski definition) is 2. The SMILES string of the molecule is CC1NCCCC1NC(=O)C1(c2ccc(F)cc2)CC1. The molecule has 2 fully saturated rings. The minimum Gasteiger partial charge on any atom is -0.351 e. The molecule has 1 heterocycles. The Hall–Kier alpha value is -1.42. The van der Waals surface area contributed by atoms with Gasteiger partial charge in [0.1, 0.15) is 5.82 Å². The van der Waals surface area contributed by atoms with E-state index in [1.807, 2.05) is 0 Å². The van der Waals surface area contributed by atoms with Crippen molar-refractivity contribution in [2.24, 2.45) is 0 Å². The second-order valence-corrected chi connectivity index (χ2v) is 6.05. The minimum absolute atomic E-state index is 0.102. The Morgan fingerprint density at radius 2 is 2.05 bits per heavy atom. The van der Waals surface area contributed by atoms with Crippen LogP contribution in [0.2, 0.25) is 0 Å². The predicted octanol–water partition coefficient (Wildman–Crippen LogP) is 2.11. The molecular weight excluding hydrogens is 255 g/mol. The van der Waals surface area contributed by atoms with E-state index in [1.165, 1.54) is 12.1 Å². The Bertz CT molecular complexity index is 496. The van der Waals surface area contributed by atoms with Gasteiger partial charge >= 0.3 is 0 Å². The fourth-order valence-corrected chi connectivity index (χ4v) is 3.09. The number of benzene rings is 1.